The Bertz CT molecular complexity index is 1370. The van der Waals surface area contributed by atoms with Crippen molar-refractivity contribution in [3.8, 4) is 22.9 Å². The van der Waals surface area contributed by atoms with Gasteiger partial charge in [-0.05, 0) is 55.0 Å². The number of halogens is 1. The molecule has 35 heavy (non-hydrogen) atoms. The summed E-state index contributed by atoms with van der Waals surface area (Å²) in [6.45, 7) is 2.11. The van der Waals surface area contributed by atoms with Crippen molar-refractivity contribution in [2.24, 2.45) is 0 Å². The van der Waals surface area contributed by atoms with E-state index in [2.05, 4.69) is 25.9 Å². The summed E-state index contributed by atoms with van der Waals surface area (Å²) in [6.07, 6.45) is 3.36. The maximum atomic E-state index is 12.3. The number of hydrogen-bond donors (Lipinski definition) is 3. The van der Waals surface area contributed by atoms with E-state index in [1.165, 1.54) is 7.11 Å². The lowest BCUT2D eigenvalue weighted by molar-refractivity contribution is -0.118. The van der Waals surface area contributed by atoms with E-state index in [0.717, 1.165) is 16.7 Å². The summed E-state index contributed by atoms with van der Waals surface area (Å²) >= 11 is 11.9. The number of amides is 1. The number of methoxy groups -OCH3 is 1. The van der Waals surface area contributed by atoms with Crippen molar-refractivity contribution >= 4 is 35.4 Å². The molecule has 4 rings (SSSR count). The molecule has 2 aromatic carbocycles. The van der Waals surface area contributed by atoms with Crippen molar-refractivity contribution in [3.05, 3.63) is 81.8 Å². The molecular formula is C24H23ClN6O3S. The van der Waals surface area contributed by atoms with Crippen LogP contribution in [0.5, 0.6) is 11.5 Å². The second-order valence-corrected chi connectivity index (χ2v) is 8.35. The monoisotopic (exact) mass is 510 g/mol. The van der Waals surface area contributed by atoms with Gasteiger partial charge in [0.2, 0.25) is 4.77 Å². The molecule has 0 saturated carbocycles. The highest BCUT2D eigenvalue weighted by atomic mass is 35.5. The number of aromatic amines is 1. The van der Waals surface area contributed by atoms with Gasteiger partial charge in [-0.15, -0.1) is 0 Å². The van der Waals surface area contributed by atoms with Crippen molar-refractivity contribution < 1.29 is 14.3 Å². The van der Waals surface area contributed by atoms with E-state index in [0.29, 0.717) is 39.3 Å². The molecule has 0 bridgehead atoms. The van der Waals surface area contributed by atoms with Gasteiger partial charge < -0.3 is 20.2 Å². The third-order valence-electron chi connectivity index (χ3n) is 5.07. The second kappa shape index (κ2) is 11.0. The fourth-order valence-electron chi connectivity index (χ4n) is 3.26. The highest BCUT2D eigenvalue weighted by Gasteiger charge is 2.14. The lowest BCUT2D eigenvalue weighted by Crippen LogP contribution is -2.20. The normalized spacial score (nSPS) is 10.6. The maximum Gasteiger partial charge on any atom is 0.262 e. The van der Waals surface area contributed by atoms with E-state index >= 15 is 0 Å². The summed E-state index contributed by atoms with van der Waals surface area (Å²) in [4.78, 5) is 16.3. The molecule has 0 aliphatic carbocycles. The zero-order chi connectivity index (χ0) is 24.8. The van der Waals surface area contributed by atoms with Crippen LogP contribution in [0.25, 0.3) is 11.4 Å². The standard InChI is InChI=1S/C24H23ClN6O3S/c1-15-3-5-18(6-4-15)28-22(32)14-34-21-12-19(25)17(11-20(21)33-2)13-27-31-23(29-30-24(31)35)16-7-9-26-10-8-16/h3-12,27H,13-14H2,1-2H3,(H,28,32)(H,30,35). The largest absolute Gasteiger partial charge is 0.493 e. The summed E-state index contributed by atoms with van der Waals surface area (Å²) in [5.74, 6) is 1.12. The zero-order valence-corrected chi connectivity index (χ0v) is 20.6. The molecular weight excluding hydrogens is 488 g/mol. The zero-order valence-electron chi connectivity index (χ0n) is 19.0. The summed E-state index contributed by atoms with van der Waals surface area (Å²) in [5, 5.41) is 10.3. The Kier molecular flexibility index (Phi) is 7.64. The van der Waals surface area contributed by atoms with Gasteiger partial charge in [0, 0.05) is 34.7 Å². The van der Waals surface area contributed by atoms with Crippen molar-refractivity contribution in [3.63, 3.8) is 0 Å². The lowest BCUT2D eigenvalue weighted by Gasteiger charge is -2.15. The fraction of sp³-hybridized carbons (Fsp3) is 0.167. The maximum absolute atomic E-state index is 12.3. The minimum absolute atomic E-state index is 0.197. The molecule has 180 valence electrons. The lowest BCUT2D eigenvalue weighted by atomic mass is 10.2. The Hall–Kier alpha value is -3.89. The number of nitrogens with one attached hydrogen (secondary N) is 3. The van der Waals surface area contributed by atoms with Gasteiger partial charge in [-0.2, -0.15) is 5.10 Å². The van der Waals surface area contributed by atoms with Crippen LogP contribution < -0.4 is 20.2 Å². The van der Waals surface area contributed by atoms with E-state index in [1.54, 1.807) is 29.2 Å². The molecule has 3 N–H and O–H groups in total. The highest BCUT2D eigenvalue weighted by Crippen LogP contribution is 2.33. The van der Waals surface area contributed by atoms with Crippen LogP contribution in [0.4, 0.5) is 5.69 Å². The number of hydrogen-bond acceptors (Lipinski definition) is 7. The summed E-state index contributed by atoms with van der Waals surface area (Å²) < 4.78 is 13.2. The van der Waals surface area contributed by atoms with Gasteiger partial charge in [-0.1, -0.05) is 29.3 Å². The molecule has 0 aliphatic rings. The molecule has 0 spiro atoms. The molecule has 1 amide bonds. The van der Waals surface area contributed by atoms with Crippen LogP contribution in [0.1, 0.15) is 11.1 Å². The van der Waals surface area contributed by atoms with E-state index in [-0.39, 0.29) is 12.5 Å². The van der Waals surface area contributed by atoms with Gasteiger partial charge in [-0.25, -0.2) is 9.77 Å². The van der Waals surface area contributed by atoms with E-state index in [9.17, 15) is 4.79 Å². The molecule has 2 heterocycles. The van der Waals surface area contributed by atoms with Crippen molar-refractivity contribution in [2.45, 2.75) is 13.5 Å². The van der Waals surface area contributed by atoms with Gasteiger partial charge in [0.05, 0.1) is 13.7 Å². The molecule has 11 heteroatoms. The Morgan fingerprint density at radius 1 is 1.14 bits per heavy atom. The van der Waals surface area contributed by atoms with Gasteiger partial charge >= 0.3 is 0 Å². The fourth-order valence-corrected chi connectivity index (χ4v) is 3.68. The van der Waals surface area contributed by atoms with Crippen LogP contribution in [0.3, 0.4) is 0 Å². The Morgan fingerprint density at radius 2 is 1.89 bits per heavy atom. The van der Waals surface area contributed by atoms with E-state index in [4.69, 9.17) is 33.3 Å². The highest BCUT2D eigenvalue weighted by molar-refractivity contribution is 7.71. The van der Waals surface area contributed by atoms with Crippen LogP contribution in [0.15, 0.2) is 60.9 Å². The molecule has 0 unspecified atom stereocenters. The first-order valence-electron chi connectivity index (χ1n) is 10.6. The van der Waals surface area contributed by atoms with Crippen molar-refractivity contribution in [1.82, 2.24) is 19.9 Å². The van der Waals surface area contributed by atoms with Gasteiger partial charge in [-0.3, -0.25) is 9.78 Å². The number of aromatic nitrogens is 4. The van der Waals surface area contributed by atoms with Gasteiger partial charge in [0.15, 0.2) is 23.9 Å². The molecule has 0 aliphatic heterocycles. The molecule has 0 fully saturated rings. The average Bonchev–Trinajstić information content (AvgIpc) is 3.24. The summed E-state index contributed by atoms with van der Waals surface area (Å²) in [7, 11) is 1.52. The smallest absolute Gasteiger partial charge is 0.262 e. The number of rotatable bonds is 9. The number of H-pyrrole nitrogens is 1. The quantitative estimate of drug-likeness (QED) is 0.279. The Labute approximate surface area is 212 Å². The number of pyridine rings is 1. The number of nitrogens with zero attached hydrogens (tertiary/aromatic N) is 3. The van der Waals surface area contributed by atoms with Crippen LogP contribution >= 0.6 is 23.8 Å². The number of benzene rings is 2. The van der Waals surface area contributed by atoms with Crippen molar-refractivity contribution in [2.75, 3.05) is 24.5 Å². The molecule has 0 saturated heterocycles. The van der Waals surface area contributed by atoms with Gasteiger partial charge in [0.1, 0.15) is 0 Å². The summed E-state index contributed by atoms with van der Waals surface area (Å²) in [6, 6.07) is 14.5. The number of ether oxygens (including phenoxy) is 2. The van der Waals surface area contributed by atoms with Crippen LogP contribution in [0, 0.1) is 11.7 Å². The minimum Gasteiger partial charge on any atom is -0.493 e. The second-order valence-electron chi connectivity index (χ2n) is 7.56. The SMILES string of the molecule is COc1cc(CNn2c(-c3ccncc3)n[nH]c2=S)c(Cl)cc1OCC(=O)Nc1ccc(C)cc1. The van der Waals surface area contributed by atoms with E-state index in [1.807, 2.05) is 43.3 Å². The van der Waals surface area contributed by atoms with Crippen LogP contribution in [-0.4, -0.2) is 39.5 Å². The number of anilines is 1. The first-order chi connectivity index (χ1) is 16.9. The Balaban J connectivity index is 1.44. The summed E-state index contributed by atoms with van der Waals surface area (Å²) in [5.41, 5.74) is 6.61. The van der Waals surface area contributed by atoms with Gasteiger partial charge in [0.25, 0.3) is 5.91 Å². The minimum atomic E-state index is -0.296. The first-order valence-corrected chi connectivity index (χ1v) is 11.4. The van der Waals surface area contributed by atoms with E-state index < -0.39 is 0 Å². The third-order valence-corrected chi connectivity index (χ3v) is 5.69. The van der Waals surface area contributed by atoms with Crippen LogP contribution in [-0.2, 0) is 11.3 Å². The molecule has 0 radical (unpaired) electrons. The third kappa shape index (κ3) is 5.97. The number of aryl methyl sites for hydroxylation is 1. The number of carbonyl (C=O) groups is 1. The first kappa shape index (κ1) is 24.2. The average molecular weight is 511 g/mol. The predicted molar refractivity (Wildman–Crippen MR) is 137 cm³/mol. The van der Waals surface area contributed by atoms with Crippen LogP contribution in [0.2, 0.25) is 5.02 Å². The van der Waals surface area contributed by atoms with Crippen molar-refractivity contribution in [1.29, 1.82) is 0 Å². The Morgan fingerprint density at radius 3 is 2.60 bits per heavy atom. The molecule has 2 aromatic heterocycles. The topological polar surface area (TPSA) is 106 Å². The molecule has 9 nitrogen and oxygen atoms in total. The molecule has 0 atom stereocenters. The molecule has 4 aromatic rings. The number of carbonyl (C=O) groups excluding carboxylic acids is 1. The predicted octanol–water partition coefficient (Wildman–Crippen LogP) is 4.73.